The summed E-state index contributed by atoms with van der Waals surface area (Å²) in [6.07, 6.45) is 2.15. The van der Waals surface area contributed by atoms with Crippen LogP contribution in [-0.2, 0) is 6.42 Å². The second-order valence-electron chi connectivity index (χ2n) is 5.86. The Balaban J connectivity index is 2.26. The fourth-order valence-electron chi connectivity index (χ4n) is 3.00. The highest BCUT2D eigenvalue weighted by Crippen LogP contribution is 2.42. The normalized spacial score (nSPS) is 22.7. The summed E-state index contributed by atoms with van der Waals surface area (Å²) in [5.74, 6) is 0. The molecule has 1 aliphatic carbocycles. The van der Waals surface area contributed by atoms with Crippen LogP contribution in [0.4, 0.5) is 0 Å². The van der Waals surface area contributed by atoms with Gasteiger partial charge in [-0.15, -0.1) is 0 Å². The average Bonchev–Trinajstić information content (AvgIpc) is 2.55. The minimum absolute atomic E-state index is 0.139. The van der Waals surface area contributed by atoms with Crippen LogP contribution in [0.3, 0.4) is 0 Å². The molecule has 3 rings (SSSR count). The lowest BCUT2D eigenvalue weighted by atomic mass is 9.74. The van der Waals surface area contributed by atoms with E-state index in [9.17, 15) is 0 Å². The van der Waals surface area contributed by atoms with Crippen LogP contribution in [0.2, 0.25) is 0 Å². The minimum Gasteiger partial charge on any atom is -0.357 e. The van der Waals surface area contributed by atoms with E-state index in [4.69, 9.17) is 5.73 Å². The summed E-state index contributed by atoms with van der Waals surface area (Å²) in [7, 11) is 0. The highest BCUT2D eigenvalue weighted by atomic mass is 79.9. The molecule has 1 atom stereocenters. The third-order valence-corrected chi connectivity index (χ3v) is 4.19. The van der Waals surface area contributed by atoms with Crippen molar-refractivity contribution >= 4 is 26.8 Å². The molecule has 1 unspecified atom stereocenters. The van der Waals surface area contributed by atoms with Crippen molar-refractivity contribution in [2.75, 3.05) is 0 Å². The quantitative estimate of drug-likeness (QED) is 0.760. The Morgan fingerprint density at radius 1 is 1.41 bits per heavy atom. The molecule has 17 heavy (non-hydrogen) atoms. The van der Waals surface area contributed by atoms with E-state index in [1.54, 1.807) is 0 Å². The molecule has 2 aromatic rings. The van der Waals surface area contributed by atoms with Crippen molar-refractivity contribution in [3.63, 3.8) is 0 Å². The van der Waals surface area contributed by atoms with Crippen LogP contribution in [0.5, 0.6) is 0 Å². The van der Waals surface area contributed by atoms with Crippen LogP contribution in [0, 0.1) is 5.41 Å². The molecule has 1 aromatic heterocycles. The van der Waals surface area contributed by atoms with Gasteiger partial charge >= 0.3 is 0 Å². The topological polar surface area (TPSA) is 41.8 Å². The zero-order valence-corrected chi connectivity index (χ0v) is 11.8. The molecular formula is C14H17BrN2. The number of aromatic nitrogens is 1. The van der Waals surface area contributed by atoms with Crippen LogP contribution >= 0.6 is 15.9 Å². The lowest BCUT2D eigenvalue weighted by Crippen LogP contribution is -2.29. The first kappa shape index (κ1) is 11.3. The maximum atomic E-state index is 6.28. The number of halogens is 1. The van der Waals surface area contributed by atoms with E-state index >= 15 is 0 Å². The number of rotatable bonds is 0. The second kappa shape index (κ2) is 3.59. The molecule has 0 spiro atoms. The van der Waals surface area contributed by atoms with E-state index in [1.807, 2.05) is 0 Å². The molecule has 0 saturated heterocycles. The van der Waals surface area contributed by atoms with E-state index in [0.717, 1.165) is 17.3 Å². The highest BCUT2D eigenvalue weighted by Gasteiger charge is 2.32. The predicted molar refractivity (Wildman–Crippen MR) is 75.0 cm³/mol. The number of hydrogen-bond acceptors (Lipinski definition) is 1. The van der Waals surface area contributed by atoms with Gasteiger partial charge in [-0.25, -0.2) is 0 Å². The van der Waals surface area contributed by atoms with Gasteiger partial charge in [0.1, 0.15) is 0 Å². The van der Waals surface area contributed by atoms with Gasteiger partial charge in [-0.3, -0.25) is 0 Å². The van der Waals surface area contributed by atoms with Crippen molar-refractivity contribution in [2.45, 2.75) is 32.7 Å². The molecule has 1 aliphatic rings. The first-order chi connectivity index (χ1) is 7.96. The number of benzene rings is 1. The predicted octanol–water partition coefficient (Wildman–Crippen LogP) is 3.90. The second-order valence-corrected chi connectivity index (χ2v) is 6.77. The third kappa shape index (κ3) is 1.81. The van der Waals surface area contributed by atoms with Crippen molar-refractivity contribution in [1.82, 2.24) is 4.98 Å². The summed E-state index contributed by atoms with van der Waals surface area (Å²) >= 11 is 3.54. The van der Waals surface area contributed by atoms with Gasteiger partial charge in [0.15, 0.2) is 0 Å². The van der Waals surface area contributed by atoms with Gasteiger partial charge in [0.05, 0.1) is 0 Å². The molecule has 0 saturated carbocycles. The van der Waals surface area contributed by atoms with Crippen LogP contribution in [0.15, 0.2) is 22.7 Å². The van der Waals surface area contributed by atoms with Crippen molar-refractivity contribution < 1.29 is 0 Å². The van der Waals surface area contributed by atoms with Gasteiger partial charge in [-0.1, -0.05) is 29.8 Å². The molecule has 1 aromatic carbocycles. The molecule has 0 aliphatic heterocycles. The van der Waals surface area contributed by atoms with E-state index in [2.05, 4.69) is 53.0 Å². The Morgan fingerprint density at radius 3 is 2.94 bits per heavy atom. The van der Waals surface area contributed by atoms with E-state index in [1.165, 1.54) is 22.2 Å². The smallest absolute Gasteiger partial charge is 0.0460 e. The number of hydrogen-bond donors (Lipinski definition) is 2. The Hall–Kier alpha value is -0.800. The molecule has 90 valence electrons. The molecule has 1 heterocycles. The van der Waals surface area contributed by atoms with Crippen LogP contribution in [0.1, 0.15) is 37.6 Å². The van der Waals surface area contributed by atoms with E-state index < -0.39 is 0 Å². The van der Waals surface area contributed by atoms with Gasteiger partial charge in [0.2, 0.25) is 0 Å². The number of fused-ring (bicyclic) bond motifs is 3. The molecule has 3 heteroatoms. The summed E-state index contributed by atoms with van der Waals surface area (Å²) in [5.41, 5.74) is 10.4. The molecular weight excluding hydrogens is 276 g/mol. The zero-order chi connectivity index (χ0) is 12.2. The summed E-state index contributed by atoms with van der Waals surface area (Å²) in [6, 6.07) is 6.52. The Labute approximate surface area is 110 Å². The minimum atomic E-state index is 0.139. The van der Waals surface area contributed by atoms with Gasteiger partial charge in [0, 0.05) is 27.1 Å². The summed E-state index contributed by atoms with van der Waals surface area (Å²) in [6.45, 7) is 4.60. The van der Waals surface area contributed by atoms with E-state index in [-0.39, 0.29) is 6.04 Å². The van der Waals surface area contributed by atoms with Crippen molar-refractivity contribution in [3.05, 3.63) is 33.9 Å². The Kier molecular flexibility index (Phi) is 2.39. The molecule has 0 fully saturated rings. The van der Waals surface area contributed by atoms with Gasteiger partial charge in [0.25, 0.3) is 0 Å². The molecule has 3 N–H and O–H groups in total. The van der Waals surface area contributed by atoms with Crippen LogP contribution < -0.4 is 5.73 Å². The maximum absolute atomic E-state index is 6.28. The number of H-pyrrole nitrogens is 1. The SMILES string of the molecule is CC1(C)Cc2c([nH]c3ccc(Br)cc23)C(N)C1. The maximum Gasteiger partial charge on any atom is 0.0460 e. The van der Waals surface area contributed by atoms with Crippen LogP contribution in [-0.4, -0.2) is 4.98 Å². The zero-order valence-electron chi connectivity index (χ0n) is 10.2. The highest BCUT2D eigenvalue weighted by molar-refractivity contribution is 9.10. The van der Waals surface area contributed by atoms with Crippen molar-refractivity contribution in [1.29, 1.82) is 0 Å². The van der Waals surface area contributed by atoms with Crippen molar-refractivity contribution in [3.8, 4) is 0 Å². The number of nitrogens with two attached hydrogens (primary N) is 1. The van der Waals surface area contributed by atoms with Gasteiger partial charge in [-0.05, 0) is 42.0 Å². The monoisotopic (exact) mass is 292 g/mol. The Morgan fingerprint density at radius 2 is 2.18 bits per heavy atom. The molecule has 0 amide bonds. The lowest BCUT2D eigenvalue weighted by molar-refractivity contribution is 0.282. The lowest BCUT2D eigenvalue weighted by Gasteiger charge is -2.33. The summed E-state index contributed by atoms with van der Waals surface area (Å²) in [5, 5.41) is 1.32. The fraction of sp³-hybridized carbons (Fsp3) is 0.429. The van der Waals surface area contributed by atoms with Gasteiger partial charge in [-0.2, -0.15) is 0 Å². The molecule has 2 nitrogen and oxygen atoms in total. The first-order valence-electron chi connectivity index (χ1n) is 6.02. The number of nitrogens with one attached hydrogen (secondary N) is 1. The first-order valence-corrected chi connectivity index (χ1v) is 6.81. The number of aromatic amines is 1. The molecule has 0 bridgehead atoms. The Bertz CT molecular complexity index is 583. The van der Waals surface area contributed by atoms with Crippen molar-refractivity contribution in [2.24, 2.45) is 11.1 Å². The third-order valence-electron chi connectivity index (χ3n) is 3.70. The summed E-state index contributed by atoms with van der Waals surface area (Å²) in [4.78, 5) is 3.48. The van der Waals surface area contributed by atoms with Crippen LogP contribution in [0.25, 0.3) is 10.9 Å². The standard InChI is InChI=1S/C14H17BrN2/c1-14(2)6-10-9-5-8(15)3-4-12(9)17-13(10)11(16)7-14/h3-5,11,17H,6-7,16H2,1-2H3. The molecule has 0 radical (unpaired) electrons. The largest absolute Gasteiger partial charge is 0.357 e. The fourth-order valence-corrected chi connectivity index (χ4v) is 3.36. The van der Waals surface area contributed by atoms with E-state index in [0.29, 0.717) is 5.41 Å². The van der Waals surface area contributed by atoms with Gasteiger partial charge < -0.3 is 10.7 Å². The summed E-state index contributed by atoms with van der Waals surface area (Å²) < 4.78 is 1.13. The average molecular weight is 293 g/mol.